The highest BCUT2D eigenvalue weighted by Crippen LogP contribution is 2.18. The maximum absolute atomic E-state index is 8.68. The molecule has 0 aliphatic heterocycles. The van der Waals surface area contributed by atoms with Gasteiger partial charge >= 0.3 is 0 Å². The summed E-state index contributed by atoms with van der Waals surface area (Å²) in [5, 5.41) is 12.9. The molecule has 2 heterocycles. The molecule has 3 aromatic rings. The van der Waals surface area contributed by atoms with Crippen LogP contribution in [0.15, 0.2) is 55.1 Å². The van der Waals surface area contributed by atoms with Crippen molar-refractivity contribution in [3.63, 3.8) is 0 Å². The van der Waals surface area contributed by atoms with E-state index in [2.05, 4.69) is 15.1 Å². The van der Waals surface area contributed by atoms with Crippen molar-refractivity contribution in [2.45, 2.75) is 0 Å². The minimum atomic E-state index is 0.291. The Kier molecular flexibility index (Phi) is 2.75. The topological polar surface area (TPSA) is 67.4 Å². The molecule has 0 radical (unpaired) electrons. The fraction of sp³-hybridized carbons (Fsp3) is 0. The number of hydrogen-bond donors (Lipinski definition) is 0. The standard InChI is InChI=1S/C14H9N5/c15-6-13-8-17-14(9-16-13)19-10-12(7-18-19)11-4-2-1-3-5-11/h1-5,7-10H. The Morgan fingerprint density at radius 3 is 2.47 bits per heavy atom. The van der Waals surface area contributed by atoms with Crippen molar-refractivity contribution >= 4 is 0 Å². The molecule has 0 bridgehead atoms. The van der Waals surface area contributed by atoms with Gasteiger partial charge in [0.1, 0.15) is 6.07 Å². The van der Waals surface area contributed by atoms with Gasteiger partial charge in [0.15, 0.2) is 11.5 Å². The number of nitrogens with zero attached hydrogens (tertiary/aromatic N) is 5. The summed E-state index contributed by atoms with van der Waals surface area (Å²) < 4.78 is 1.64. The molecule has 0 aliphatic rings. The van der Waals surface area contributed by atoms with E-state index in [9.17, 15) is 0 Å². The van der Waals surface area contributed by atoms with Gasteiger partial charge in [-0.3, -0.25) is 0 Å². The molecule has 0 aliphatic carbocycles. The Morgan fingerprint density at radius 2 is 1.79 bits per heavy atom. The van der Waals surface area contributed by atoms with Crippen LogP contribution in [0.5, 0.6) is 0 Å². The highest BCUT2D eigenvalue weighted by molar-refractivity contribution is 5.61. The molecule has 0 spiro atoms. The van der Waals surface area contributed by atoms with E-state index in [1.807, 2.05) is 42.6 Å². The summed E-state index contributed by atoms with van der Waals surface area (Å²) in [6, 6.07) is 11.9. The van der Waals surface area contributed by atoms with Gasteiger partial charge in [-0.2, -0.15) is 10.4 Å². The van der Waals surface area contributed by atoms with E-state index in [1.54, 1.807) is 10.9 Å². The van der Waals surface area contributed by atoms with E-state index in [0.717, 1.165) is 11.1 Å². The van der Waals surface area contributed by atoms with Gasteiger partial charge in [0.05, 0.1) is 18.6 Å². The van der Waals surface area contributed by atoms with Crippen molar-refractivity contribution in [3.8, 4) is 23.0 Å². The van der Waals surface area contributed by atoms with Gasteiger partial charge in [0, 0.05) is 11.8 Å². The molecule has 3 rings (SSSR count). The van der Waals surface area contributed by atoms with Crippen molar-refractivity contribution < 1.29 is 0 Å². The first-order valence-electron chi connectivity index (χ1n) is 5.69. The van der Waals surface area contributed by atoms with Crippen molar-refractivity contribution in [2.75, 3.05) is 0 Å². The summed E-state index contributed by atoms with van der Waals surface area (Å²) in [4.78, 5) is 8.11. The Labute approximate surface area is 109 Å². The molecule has 90 valence electrons. The van der Waals surface area contributed by atoms with Crippen LogP contribution in [0, 0.1) is 11.3 Å². The predicted octanol–water partition coefficient (Wildman–Crippen LogP) is 2.20. The lowest BCUT2D eigenvalue weighted by atomic mass is 10.1. The number of aromatic nitrogens is 4. The number of rotatable bonds is 2. The first-order chi connectivity index (χ1) is 9.36. The monoisotopic (exact) mass is 247 g/mol. The summed E-state index contributed by atoms with van der Waals surface area (Å²) in [6.45, 7) is 0. The van der Waals surface area contributed by atoms with Crippen LogP contribution in [0.2, 0.25) is 0 Å². The quantitative estimate of drug-likeness (QED) is 0.696. The molecule has 0 amide bonds. The van der Waals surface area contributed by atoms with Crippen LogP contribution in [-0.4, -0.2) is 19.7 Å². The fourth-order valence-electron chi connectivity index (χ4n) is 1.73. The van der Waals surface area contributed by atoms with E-state index < -0.39 is 0 Å². The summed E-state index contributed by atoms with van der Waals surface area (Å²) in [6.07, 6.45) is 6.61. The smallest absolute Gasteiger partial charge is 0.171 e. The highest BCUT2D eigenvalue weighted by Gasteiger charge is 2.04. The molecule has 2 aromatic heterocycles. The maximum atomic E-state index is 8.68. The molecule has 1 aromatic carbocycles. The SMILES string of the molecule is N#Cc1cnc(-n2cc(-c3ccccc3)cn2)cn1. The van der Waals surface area contributed by atoms with E-state index in [4.69, 9.17) is 5.26 Å². The van der Waals surface area contributed by atoms with E-state index in [1.165, 1.54) is 12.4 Å². The van der Waals surface area contributed by atoms with E-state index in [0.29, 0.717) is 11.5 Å². The van der Waals surface area contributed by atoms with Crippen LogP contribution in [0.25, 0.3) is 16.9 Å². The zero-order valence-electron chi connectivity index (χ0n) is 9.93. The van der Waals surface area contributed by atoms with Crippen molar-refractivity contribution in [2.24, 2.45) is 0 Å². The van der Waals surface area contributed by atoms with Crippen LogP contribution in [0.4, 0.5) is 0 Å². The molecular formula is C14H9N5. The molecule has 0 N–H and O–H groups in total. The minimum absolute atomic E-state index is 0.291. The van der Waals surface area contributed by atoms with E-state index in [-0.39, 0.29) is 0 Å². The third-order valence-corrected chi connectivity index (χ3v) is 2.68. The average Bonchev–Trinajstić information content (AvgIpc) is 2.98. The lowest BCUT2D eigenvalue weighted by Crippen LogP contribution is -1.99. The molecule has 0 unspecified atom stereocenters. The first-order valence-corrected chi connectivity index (χ1v) is 5.69. The van der Waals surface area contributed by atoms with Crippen molar-refractivity contribution in [1.29, 1.82) is 5.26 Å². The van der Waals surface area contributed by atoms with Crippen LogP contribution in [-0.2, 0) is 0 Å². The molecule has 19 heavy (non-hydrogen) atoms. The summed E-state index contributed by atoms with van der Waals surface area (Å²) in [5.74, 6) is 0.584. The van der Waals surface area contributed by atoms with Crippen LogP contribution < -0.4 is 0 Å². The highest BCUT2D eigenvalue weighted by atomic mass is 15.3. The molecule has 5 nitrogen and oxygen atoms in total. The Balaban J connectivity index is 1.95. The average molecular weight is 247 g/mol. The summed E-state index contributed by atoms with van der Waals surface area (Å²) in [5.41, 5.74) is 2.39. The normalized spacial score (nSPS) is 10.1. The number of nitriles is 1. The molecule has 0 saturated carbocycles. The van der Waals surface area contributed by atoms with Gasteiger partial charge in [-0.15, -0.1) is 0 Å². The first kappa shape index (κ1) is 11.1. The lowest BCUT2D eigenvalue weighted by Gasteiger charge is -1.98. The molecule has 5 heteroatoms. The van der Waals surface area contributed by atoms with Crippen molar-refractivity contribution in [1.82, 2.24) is 19.7 Å². The van der Waals surface area contributed by atoms with Gasteiger partial charge in [0.2, 0.25) is 0 Å². The molecule has 0 saturated heterocycles. The number of hydrogen-bond acceptors (Lipinski definition) is 4. The van der Waals surface area contributed by atoms with Gasteiger partial charge in [-0.1, -0.05) is 30.3 Å². The second-order valence-electron chi connectivity index (χ2n) is 3.91. The van der Waals surface area contributed by atoms with Gasteiger partial charge < -0.3 is 0 Å². The third kappa shape index (κ3) is 2.19. The third-order valence-electron chi connectivity index (χ3n) is 2.68. The predicted molar refractivity (Wildman–Crippen MR) is 69.3 cm³/mol. The largest absolute Gasteiger partial charge is 0.240 e. The Bertz CT molecular complexity index is 723. The van der Waals surface area contributed by atoms with Crippen LogP contribution in [0.1, 0.15) is 5.69 Å². The Hall–Kier alpha value is -3.00. The molecule has 0 fully saturated rings. The van der Waals surface area contributed by atoms with Gasteiger partial charge in [0.25, 0.3) is 0 Å². The Morgan fingerprint density at radius 1 is 0.947 bits per heavy atom. The summed E-state index contributed by atoms with van der Waals surface area (Å²) >= 11 is 0. The molecule has 0 atom stereocenters. The lowest BCUT2D eigenvalue weighted by molar-refractivity contribution is 0.836. The van der Waals surface area contributed by atoms with E-state index >= 15 is 0 Å². The summed E-state index contributed by atoms with van der Waals surface area (Å²) in [7, 11) is 0. The second kappa shape index (κ2) is 4.70. The second-order valence-corrected chi connectivity index (χ2v) is 3.91. The van der Waals surface area contributed by atoms with Crippen LogP contribution in [0.3, 0.4) is 0 Å². The number of benzene rings is 1. The van der Waals surface area contributed by atoms with Crippen LogP contribution >= 0.6 is 0 Å². The zero-order valence-corrected chi connectivity index (χ0v) is 9.93. The van der Waals surface area contributed by atoms with Gasteiger partial charge in [-0.05, 0) is 5.56 Å². The molecular weight excluding hydrogens is 238 g/mol. The van der Waals surface area contributed by atoms with Crippen molar-refractivity contribution in [3.05, 3.63) is 60.8 Å². The fourth-order valence-corrected chi connectivity index (χ4v) is 1.73. The maximum Gasteiger partial charge on any atom is 0.171 e. The van der Waals surface area contributed by atoms with Gasteiger partial charge in [-0.25, -0.2) is 14.6 Å². The minimum Gasteiger partial charge on any atom is -0.240 e. The zero-order chi connectivity index (χ0) is 13.1.